The number of nitrogens with one attached hydrogen (secondary N) is 2. The number of hydrogen-bond acceptors (Lipinski definition) is 5. The SMILES string of the molecule is N#Cc1c(NC(=O)c2ccc(NS(=O)(=O)c3ccc(Cl)cc3)cc2)sc2c1CCCCC2. The molecule has 1 aliphatic rings. The molecule has 1 amide bonds. The second-order valence-electron chi connectivity index (χ2n) is 7.47. The monoisotopic (exact) mass is 485 g/mol. The molecule has 9 heteroatoms. The van der Waals surface area contributed by atoms with Crippen molar-refractivity contribution < 1.29 is 13.2 Å². The van der Waals surface area contributed by atoms with E-state index in [0.29, 0.717) is 26.8 Å². The number of aryl methyl sites for hydroxylation is 1. The molecule has 4 rings (SSSR count). The molecule has 0 fully saturated rings. The number of sulfonamides is 1. The van der Waals surface area contributed by atoms with E-state index in [-0.39, 0.29) is 10.8 Å². The Morgan fingerprint density at radius 1 is 1.00 bits per heavy atom. The van der Waals surface area contributed by atoms with Gasteiger partial charge in [0.2, 0.25) is 0 Å². The van der Waals surface area contributed by atoms with Gasteiger partial charge in [0.25, 0.3) is 15.9 Å². The number of benzene rings is 2. The van der Waals surface area contributed by atoms with Crippen LogP contribution in [0.1, 0.15) is 45.6 Å². The highest BCUT2D eigenvalue weighted by Crippen LogP contribution is 2.37. The molecule has 0 bridgehead atoms. The zero-order chi connectivity index (χ0) is 22.7. The maximum Gasteiger partial charge on any atom is 0.261 e. The summed E-state index contributed by atoms with van der Waals surface area (Å²) in [6.45, 7) is 0. The highest BCUT2D eigenvalue weighted by molar-refractivity contribution is 7.92. The van der Waals surface area contributed by atoms with Crippen LogP contribution in [0.2, 0.25) is 5.02 Å². The van der Waals surface area contributed by atoms with Crippen LogP contribution in [0, 0.1) is 11.3 Å². The molecule has 0 unspecified atom stereocenters. The van der Waals surface area contributed by atoms with Crippen molar-refractivity contribution in [2.45, 2.75) is 37.0 Å². The number of carbonyl (C=O) groups is 1. The fourth-order valence-electron chi connectivity index (χ4n) is 3.64. The lowest BCUT2D eigenvalue weighted by Crippen LogP contribution is -2.14. The lowest BCUT2D eigenvalue weighted by atomic mass is 10.1. The Morgan fingerprint density at radius 2 is 1.69 bits per heavy atom. The summed E-state index contributed by atoms with van der Waals surface area (Å²) in [5.41, 5.74) is 2.33. The van der Waals surface area contributed by atoms with Gasteiger partial charge in [-0.15, -0.1) is 11.3 Å². The van der Waals surface area contributed by atoms with Crippen LogP contribution in [-0.2, 0) is 22.9 Å². The van der Waals surface area contributed by atoms with Gasteiger partial charge in [-0.1, -0.05) is 18.0 Å². The molecule has 0 saturated carbocycles. The van der Waals surface area contributed by atoms with E-state index >= 15 is 0 Å². The van der Waals surface area contributed by atoms with Gasteiger partial charge >= 0.3 is 0 Å². The summed E-state index contributed by atoms with van der Waals surface area (Å²) in [5.74, 6) is -0.343. The smallest absolute Gasteiger partial charge is 0.261 e. The van der Waals surface area contributed by atoms with Crippen LogP contribution in [0.3, 0.4) is 0 Å². The predicted octanol–water partition coefficient (Wildman–Crippen LogP) is 5.60. The molecule has 6 nitrogen and oxygen atoms in total. The van der Waals surface area contributed by atoms with E-state index in [1.54, 1.807) is 12.1 Å². The van der Waals surface area contributed by atoms with Crippen molar-refractivity contribution in [3.8, 4) is 6.07 Å². The van der Waals surface area contributed by atoms with Crippen molar-refractivity contribution in [2.24, 2.45) is 0 Å². The number of fused-ring (bicyclic) bond motifs is 1. The molecule has 1 aromatic heterocycles. The molecule has 0 atom stereocenters. The van der Waals surface area contributed by atoms with Gasteiger partial charge in [0, 0.05) is 21.2 Å². The number of carbonyl (C=O) groups excluding carboxylic acids is 1. The third-order valence-corrected chi connectivity index (χ3v) is 8.14. The normalized spacial score (nSPS) is 13.5. The van der Waals surface area contributed by atoms with Crippen LogP contribution >= 0.6 is 22.9 Å². The van der Waals surface area contributed by atoms with E-state index in [4.69, 9.17) is 11.6 Å². The standard InChI is InChI=1S/C23H20ClN3O3S2/c24-16-8-12-18(13-9-16)32(29,30)27-17-10-6-15(7-11-17)22(28)26-23-20(14-25)19-4-2-1-3-5-21(19)31-23/h6-13,27H,1-5H2,(H,26,28). The van der Waals surface area contributed by atoms with Gasteiger partial charge in [0.15, 0.2) is 0 Å². The molecule has 2 aromatic carbocycles. The molecule has 1 heterocycles. The topological polar surface area (TPSA) is 99.1 Å². The van der Waals surface area contributed by atoms with Crippen molar-refractivity contribution in [1.82, 2.24) is 0 Å². The van der Waals surface area contributed by atoms with Crippen molar-refractivity contribution in [3.05, 3.63) is 75.1 Å². The largest absolute Gasteiger partial charge is 0.312 e. The molecule has 2 N–H and O–H groups in total. The first-order valence-electron chi connectivity index (χ1n) is 10.1. The minimum absolute atomic E-state index is 0.0882. The quantitative estimate of drug-likeness (QED) is 0.460. The van der Waals surface area contributed by atoms with Crippen molar-refractivity contribution in [1.29, 1.82) is 5.26 Å². The minimum atomic E-state index is -3.77. The lowest BCUT2D eigenvalue weighted by Gasteiger charge is -2.09. The summed E-state index contributed by atoms with van der Waals surface area (Å²) in [6.07, 6.45) is 5.11. The number of nitriles is 1. The van der Waals surface area contributed by atoms with E-state index in [1.807, 2.05) is 0 Å². The van der Waals surface area contributed by atoms with E-state index in [9.17, 15) is 18.5 Å². The summed E-state index contributed by atoms with van der Waals surface area (Å²) in [5, 5.41) is 13.5. The first kappa shape index (κ1) is 22.3. The summed E-state index contributed by atoms with van der Waals surface area (Å²) in [4.78, 5) is 14.0. The summed E-state index contributed by atoms with van der Waals surface area (Å²) in [7, 11) is -3.77. The maximum atomic E-state index is 12.7. The average molecular weight is 486 g/mol. The molecule has 3 aromatic rings. The Morgan fingerprint density at radius 3 is 2.38 bits per heavy atom. The third kappa shape index (κ3) is 4.80. The first-order valence-corrected chi connectivity index (χ1v) is 12.8. The molecule has 164 valence electrons. The summed E-state index contributed by atoms with van der Waals surface area (Å²) < 4.78 is 27.5. The first-order chi connectivity index (χ1) is 15.4. The maximum absolute atomic E-state index is 12.7. The summed E-state index contributed by atoms with van der Waals surface area (Å²) in [6, 6.07) is 14.2. The molecule has 0 spiro atoms. The van der Waals surface area contributed by atoms with Crippen molar-refractivity contribution in [3.63, 3.8) is 0 Å². The van der Waals surface area contributed by atoms with Gasteiger partial charge in [-0.2, -0.15) is 5.26 Å². The Balaban J connectivity index is 1.48. The molecular weight excluding hydrogens is 466 g/mol. The summed E-state index contributed by atoms with van der Waals surface area (Å²) >= 11 is 7.29. The number of thiophene rings is 1. The van der Waals surface area contributed by atoms with E-state index in [2.05, 4.69) is 16.1 Å². The van der Waals surface area contributed by atoms with Crippen LogP contribution in [0.25, 0.3) is 0 Å². The van der Waals surface area contributed by atoms with Crippen LogP contribution in [0.5, 0.6) is 0 Å². The third-order valence-electron chi connectivity index (χ3n) is 5.28. The number of nitrogens with zero attached hydrogens (tertiary/aromatic N) is 1. The average Bonchev–Trinajstić information content (AvgIpc) is 2.93. The molecular formula is C23H20ClN3O3S2. The molecule has 0 aliphatic heterocycles. The van der Waals surface area contributed by atoms with Crippen LogP contribution in [0.4, 0.5) is 10.7 Å². The fraction of sp³-hybridized carbons (Fsp3) is 0.217. The highest BCUT2D eigenvalue weighted by Gasteiger charge is 2.21. The Bertz CT molecular complexity index is 1290. The van der Waals surface area contributed by atoms with E-state index < -0.39 is 10.0 Å². The van der Waals surface area contributed by atoms with Crippen LogP contribution in [-0.4, -0.2) is 14.3 Å². The van der Waals surface area contributed by atoms with Crippen LogP contribution < -0.4 is 10.0 Å². The lowest BCUT2D eigenvalue weighted by molar-refractivity contribution is 0.102. The Kier molecular flexibility index (Phi) is 6.51. The highest BCUT2D eigenvalue weighted by atomic mass is 35.5. The van der Waals surface area contributed by atoms with Gasteiger partial charge < -0.3 is 5.32 Å². The number of rotatable bonds is 5. The van der Waals surface area contributed by atoms with Gasteiger partial charge in [-0.3, -0.25) is 9.52 Å². The van der Waals surface area contributed by atoms with Gasteiger partial charge in [-0.25, -0.2) is 8.42 Å². The second-order valence-corrected chi connectivity index (χ2v) is 10.7. The second kappa shape index (κ2) is 9.33. The zero-order valence-corrected chi connectivity index (χ0v) is 19.4. The minimum Gasteiger partial charge on any atom is -0.312 e. The van der Waals surface area contributed by atoms with Crippen molar-refractivity contribution >= 4 is 49.6 Å². The van der Waals surface area contributed by atoms with Gasteiger partial charge in [0.1, 0.15) is 11.1 Å². The van der Waals surface area contributed by atoms with E-state index in [1.165, 1.54) is 52.6 Å². The molecule has 0 radical (unpaired) electrons. The number of hydrogen-bond donors (Lipinski definition) is 2. The van der Waals surface area contributed by atoms with Crippen LogP contribution in [0.15, 0.2) is 53.4 Å². The number of halogens is 1. The van der Waals surface area contributed by atoms with Crippen molar-refractivity contribution in [2.75, 3.05) is 10.0 Å². The van der Waals surface area contributed by atoms with Gasteiger partial charge in [-0.05, 0) is 79.8 Å². The fourth-order valence-corrected chi connectivity index (χ4v) is 6.06. The number of amides is 1. The molecule has 0 saturated heterocycles. The molecule has 1 aliphatic carbocycles. The number of anilines is 2. The zero-order valence-electron chi connectivity index (χ0n) is 17.0. The van der Waals surface area contributed by atoms with Gasteiger partial charge in [0.05, 0.1) is 10.5 Å². The Hall–Kier alpha value is -2.86. The predicted molar refractivity (Wildman–Crippen MR) is 127 cm³/mol. The molecule has 32 heavy (non-hydrogen) atoms. The van der Waals surface area contributed by atoms with E-state index in [0.717, 1.165) is 37.7 Å². The Labute approximate surface area is 195 Å².